The summed E-state index contributed by atoms with van der Waals surface area (Å²) in [6.07, 6.45) is 3.04. The van der Waals surface area contributed by atoms with Crippen LogP contribution in [0.2, 0.25) is 0 Å². The van der Waals surface area contributed by atoms with Gasteiger partial charge in [0.1, 0.15) is 5.58 Å². The summed E-state index contributed by atoms with van der Waals surface area (Å²) in [4.78, 5) is 12.1. The van der Waals surface area contributed by atoms with Crippen molar-refractivity contribution in [2.45, 2.75) is 0 Å². The van der Waals surface area contributed by atoms with Gasteiger partial charge in [0, 0.05) is 5.39 Å². The molecule has 0 amide bonds. The molecule has 0 saturated heterocycles. The molecule has 0 aliphatic heterocycles. The normalized spacial score (nSPS) is 11.1. The number of ether oxygens (including phenoxy) is 1. The molecule has 0 saturated carbocycles. The highest BCUT2D eigenvalue weighted by molar-refractivity contribution is 6.06. The van der Waals surface area contributed by atoms with Crippen molar-refractivity contribution in [2.75, 3.05) is 7.11 Å². The van der Waals surface area contributed by atoms with Crippen LogP contribution in [0.1, 0.15) is 16.1 Å². The molecule has 0 bridgehead atoms. The molecule has 1 heterocycles. The summed E-state index contributed by atoms with van der Waals surface area (Å²) in [5.41, 5.74) is 1.38. The number of hydrogen-bond donors (Lipinski definition) is 1. The molecule has 22 heavy (non-hydrogen) atoms. The molecule has 0 radical (unpaired) electrons. The average molecular weight is 294 g/mol. The van der Waals surface area contributed by atoms with Gasteiger partial charge in [-0.1, -0.05) is 30.3 Å². The fraction of sp³-hybridized carbons (Fsp3) is 0.0556. The van der Waals surface area contributed by atoms with Gasteiger partial charge in [0.15, 0.2) is 17.3 Å². The van der Waals surface area contributed by atoms with Gasteiger partial charge in [-0.15, -0.1) is 0 Å². The summed E-state index contributed by atoms with van der Waals surface area (Å²) in [6.45, 7) is 0. The van der Waals surface area contributed by atoms with E-state index in [2.05, 4.69) is 0 Å². The number of ketones is 1. The van der Waals surface area contributed by atoms with E-state index in [0.29, 0.717) is 16.9 Å². The molecule has 0 spiro atoms. The fourth-order valence-corrected chi connectivity index (χ4v) is 2.17. The number of methoxy groups -OCH3 is 1. The van der Waals surface area contributed by atoms with Gasteiger partial charge in [0.2, 0.25) is 5.78 Å². The summed E-state index contributed by atoms with van der Waals surface area (Å²) < 4.78 is 10.5. The zero-order valence-corrected chi connectivity index (χ0v) is 11.9. The van der Waals surface area contributed by atoms with E-state index in [1.807, 2.05) is 24.3 Å². The first-order valence-electron chi connectivity index (χ1n) is 6.75. The third-order valence-electron chi connectivity index (χ3n) is 3.30. The lowest BCUT2D eigenvalue weighted by Gasteiger charge is -2.03. The summed E-state index contributed by atoms with van der Waals surface area (Å²) >= 11 is 0. The van der Waals surface area contributed by atoms with Crippen LogP contribution in [0.5, 0.6) is 11.5 Å². The van der Waals surface area contributed by atoms with E-state index in [1.165, 1.54) is 19.3 Å². The smallest absolute Gasteiger partial charge is 0.221 e. The van der Waals surface area contributed by atoms with E-state index < -0.39 is 0 Å². The Bertz CT molecular complexity index is 825. The number of phenols is 1. The zero-order valence-electron chi connectivity index (χ0n) is 11.9. The Morgan fingerprint density at radius 3 is 2.73 bits per heavy atom. The van der Waals surface area contributed by atoms with E-state index in [1.54, 1.807) is 24.3 Å². The number of furan rings is 1. The molecule has 0 fully saturated rings. The first-order chi connectivity index (χ1) is 10.7. The number of phenolic OH excluding ortho intramolecular Hbond substituents is 1. The highest BCUT2D eigenvalue weighted by atomic mass is 16.5. The minimum atomic E-state index is -0.230. The lowest BCUT2D eigenvalue weighted by molar-refractivity contribution is 0.102. The predicted molar refractivity (Wildman–Crippen MR) is 84.2 cm³/mol. The maximum Gasteiger partial charge on any atom is 0.221 e. The van der Waals surface area contributed by atoms with Gasteiger partial charge in [-0.25, -0.2) is 0 Å². The van der Waals surface area contributed by atoms with E-state index in [-0.39, 0.29) is 17.3 Å². The molecule has 0 unspecified atom stereocenters. The summed E-state index contributed by atoms with van der Waals surface area (Å²) in [7, 11) is 1.48. The van der Waals surface area contributed by atoms with E-state index in [4.69, 9.17) is 9.15 Å². The first-order valence-corrected chi connectivity index (χ1v) is 6.75. The van der Waals surface area contributed by atoms with Crippen LogP contribution in [-0.4, -0.2) is 18.0 Å². The molecule has 3 aromatic rings. The molecule has 4 nitrogen and oxygen atoms in total. The molecular weight excluding hydrogens is 280 g/mol. The fourth-order valence-electron chi connectivity index (χ4n) is 2.17. The highest BCUT2D eigenvalue weighted by Gasteiger charge is 2.09. The van der Waals surface area contributed by atoms with Crippen LogP contribution >= 0.6 is 0 Å². The second kappa shape index (κ2) is 5.77. The van der Waals surface area contributed by atoms with Crippen molar-refractivity contribution in [3.05, 3.63) is 65.9 Å². The Kier molecular flexibility index (Phi) is 3.66. The summed E-state index contributed by atoms with van der Waals surface area (Å²) in [5.74, 6) is 0.475. The second-order valence-corrected chi connectivity index (χ2v) is 4.78. The SMILES string of the molecule is COc1ccc(C=CC(=O)c2cc3ccccc3o2)cc1O. The first kappa shape index (κ1) is 13.9. The molecule has 110 valence electrons. The van der Waals surface area contributed by atoms with Crippen molar-refractivity contribution in [2.24, 2.45) is 0 Å². The van der Waals surface area contributed by atoms with E-state index >= 15 is 0 Å². The standard InChI is InChI=1S/C18H14O4/c1-21-17-9-7-12(10-15(17)20)6-8-14(19)18-11-13-4-2-3-5-16(13)22-18/h2-11,20H,1H3. The quantitative estimate of drug-likeness (QED) is 0.582. The van der Waals surface area contributed by atoms with Gasteiger partial charge in [-0.2, -0.15) is 0 Å². The molecular formula is C18H14O4. The average Bonchev–Trinajstić information content (AvgIpc) is 2.97. The van der Waals surface area contributed by atoms with E-state index in [9.17, 15) is 9.90 Å². The maximum atomic E-state index is 12.1. The lowest BCUT2D eigenvalue weighted by atomic mass is 10.1. The molecule has 0 aliphatic rings. The molecule has 4 heteroatoms. The number of carbonyl (C=O) groups is 1. The van der Waals surface area contributed by atoms with Crippen LogP contribution in [0, 0.1) is 0 Å². The van der Waals surface area contributed by atoms with Crippen LogP contribution < -0.4 is 4.74 Å². The topological polar surface area (TPSA) is 59.7 Å². The van der Waals surface area contributed by atoms with Crippen molar-refractivity contribution >= 4 is 22.8 Å². The minimum Gasteiger partial charge on any atom is -0.504 e. The molecule has 1 N–H and O–H groups in total. The number of benzene rings is 2. The Balaban J connectivity index is 1.82. The van der Waals surface area contributed by atoms with Gasteiger partial charge in [0.05, 0.1) is 7.11 Å². The van der Waals surface area contributed by atoms with Crippen molar-refractivity contribution in [1.29, 1.82) is 0 Å². The van der Waals surface area contributed by atoms with Crippen molar-refractivity contribution < 1.29 is 19.1 Å². The third-order valence-corrected chi connectivity index (χ3v) is 3.30. The number of para-hydroxylation sites is 1. The lowest BCUT2D eigenvalue weighted by Crippen LogP contribution is -1.90. The summed E-state index contributed by atoms with van der Waals surface area (Å²) in [5, 5.41) is 10.6. The summed E-state index contributed by atoms with van der Waals surface area (Å²) in [6, 6.07) is 14.1. The monoisotopic (exact) mass is 294 g/mol. The van der Waals surface area contributed by atoms with Crippen LogP contribution in [0.4, 0.5) is 0 Å². The number of hydrogen-bond acceptors (Lipinski definition) is 4. The van der Waals surface area contributed by atoms with Crippen LogP contribution in [0.25, 0.3) is 17.0 Å². The Morgan fingerprint density at radius 2 is 2.00 bits per heavy atom. The van der Waals surface area contributed by atoms with Gasteiger partial charge < -0.3 is 14.3 Å². The van der Waals surface area contributed by atoms with Crippen LogP contribution in [0.3, 0.4) is 0 Å². The Morgan fingerprint density at radius 1 is 1.18 bits per heavy atom. The molecule has 1 aromatic heterocycles. The maximum absolute atomic E-state index is 12.1. The molecule has 2 aromatic carbocycles. The van der Waals surface area contributed by atoms with Crippen molar-refractivity contribution in [3.63, 3.8) is 0 Å². The Hall–Kier alpha value is -3.01. The minimum absolute atomic E-state index is 0.0286. The zero-order chi connectivity index (χ0) is 15.5. The van der Waals surface area contributed by atoms with Gasteiger partial charge in [-0.3, -0.25) is 4.79 Å². The Labute approximate surface area is 127 Å². The second-order valence-electron chi connectivity index (χ2n) is 4.78. The molecule has 0 aliphatic carbocycles. The van der Waals surface area contributed by atoms with Crippen LogP contribution in [-0.2, 0) is 0 Å². The number of carbonyl (C=O) groups excluding carboxylic acids is 1. The predicted octanol–water partition coefficient (Wildman–Crippen LogP) is 4.04. The number of fused-ring (bicyclic) bond motifs is 1. The number of allylic oxidation sites excluding steroid dienone is 1. The highest BCUT2D eigenvalue weighted by Crippen LogP contribution is 2.27. The van der Waals surface area contributed by atoms with E-state index in [0.717, 1.165) is 5.39 Å². The van der Waals surface area contributed by atoms with Crippen molar-refractivity contribution in [1.82, 2.24) is 0 Å². The molecule has 0 atom stereocenters. The largest absolute Gasteiger partial charge is 0.504 e. The van der Waals surface area contributed by atoms with Crippen molar-refractivity contribution in [3.8, 4) is 11.5 Å². The van der Waals surface area contributed by atoms with Gasteiger partial charge in [-0.05, 0) is 35.9 Å². The van der Waals surface area contributed by atoms with Gasteiger partial charge in [0.25, 0.3) is 0 Å². The third kappa shape index (κ3) is 2.72. The van der Waals surface area contributed by atoms with Gasteiger partial charge >= 0.3 is 0 Å². The van der Waals surface area contributed by atoms with Crippen LogP contribution in [0.15, 0.2) is 59.0 Å². The molecule has 3 rings (SSSR count). The number of aromatic hydroxyl groups is 1. The number of rotatable bonds is 4.